The zero-order chi connectivity index (χ0) is 22.5. The average molecular weight is 446 g/mol. The van der Waals surface area contributed by atoms with Crippen molar-refractivity contribution in [3.63, 3.8) is 0 Å². The molecule has 2 fully saturated rings. The topological polar surface area (TPSA) is 66.8 Å². The second kappa shape index (κ2) is 10.7. The van der Waals surface area contributed by atoms with E-state index in [0.29, 0.717) is 16.5 Å². The Morgan fingerprint density at radius 3 is 2.32 bits per heavy atom. The first-order valence-corrected chi connectivity index (χ1v) is 12.4. The summed E-state index contributed by atoms with van der Waals surface area (Å²) in [6.07, 6.45) is 7.54. The van der Waals surface area contributed by atoms with Crippen LogP contribution < -0.4 is 4.90 Å². The smallest absolute Gasteiger partial charge is 0.348 e. The van der Waals surface area contributed by atoms with Crippen LogP contribution in [0.2, 0.25) is 0 Å². The van der Waals surface area contributed by atoms with Gasteiger partial charge in [-0.3, -0.25) is 4.79 Å². The van der Waals surface area contributed by atoms with Gasteiger partial charge in [-0.2, -0.15) is 0 Å². The molecule has 5 nitrogen and oxygen atoms in total. The van der Waals surface area contributed by atoms with Gasteiger partial charge in [0.1, 0.15) is 4.88 Å². The molecule has 0 aromatic carbocycles. The third-order valence-electron chi connectivity index (χ3n) is 6.60. The van der Waals surface area contributed by atoms with E-state index in [1.54, 1.807) is 7.11 Å². The molecule has 0 atom stereocenters. The first kappa shape index (κ1) is 23.8. The number of carbonyl (C=O) groups is 2. The lowest BCUT2D eigenvalue weighted by Crippen LogP contribution is -2.47. The highest BCUT2D eigenvalue weighted by Gasteiger charge is 2.37. The van der Waals surface area contributed by atoms with Gasteiger partial charge < -0.3 is 14.7 Å². The quantitative estimate of drug-likeness (QED) is 0.602. The van der Waals surface area contributed by atoms with Crippen LogP contribution in [-0.2, 0) is 9.53 Å². The Kier molecular flexibility index (Phi) is 8.18. The van der Waals surface area contributed by atoms with Gasteiger partial charge in [-0.25, -0.2) is 4.79 Å². The highest BCUT2D eigenvalue weighted by atomic mass is 32.1. The van der Waals surface area contributed by atoms with E-state index in [9.17, 15) is 14.7 Å². The van der Waals surface area contributed by atoms with Gasteiger partial charge in [-0.1, -0.05) is 32.6 Å². The molecule has 1 heterocycles. The van der Waals surface area contributed by atoms with Crippen LogP contribution in [0.25, 0.3) is 0 Å². The first-order valence-electron chi connectivity index (χ1n) is 11.5. The van der Waals surface area contributed by atoms with E-state index in [-0.39, 0.29) is 34.8 Å². The molecule has 2 saturated carbocycles. The van der Waals surface area contributed by atoms with Crippen molar-refractivity contribution in [2.24, 2.45) is 17.8 Å². The molecule has 0 saturated heterocycles. The minimum absolute atomic E-state index is 0.0110. The third kappa shape index (κ3) is 5.90. The summed E-state index contributed by atoms with van der Waals surface area (Å²) in [7, 11) is 1.73. The molecule has 6 heteroatoms. The van der Waals surface area contributed by atoms with Gasteiger partial charge in [0.05, 0.1) is 16.7 Å². The summed E-state index contributed by atoms with van der Waals surface area (Å²) in [5, 5.41) is 9.91. The van der Waals surface area contributed by atoms with Crippen molar-refractivity contribution in [1.82, 2.24) is 0 Å². The summed E-state index contributed by atoms with van der Waals surface area (Å²) in [5.41, 5.74) is 0.537. The van der Waals surface area contributed by atoms with E-state index in [4.69, 9.17) is 4.74 Å². The average Bonchev–Trinajstić information content (AvgIpc) is 3.17. The van der Waals surface area contributed by atoms with Crippen LogP contribution in [0.1, 0.15) is 86.7 Å². The van der Waals surface area contributed by atoms with Crippen LogP contribution in [-0.4, -0.2) is 36.2 Å². The fourth-order valence-corrected chi connectivity index (χ4v) is 5.58. The maximum absolute atomic E-state index is 13.8. The summed E-state index contributed by atoms with van der Waals surface area (Å²) >= 11 is 1.18. The number of hydrogen-bond donors (Lipinski definition) is 1. The van der Waals surface area contributed by atoms with Crippen molar-refractivity contribution in [3.05, 3.63) is 15.8 Å². The highest BCUT2D eigenvalue weighted by molar-refractivity contribution is 7.15. The van der Waals surface area contributed by atoms with Crippen molar-refractivity contribution in [2.45, 2.75) is 84.3 Å². The molecule has 0 radical (unpaired) electrons. The monoisotopic (exact) mass is 445 g/mol. The number of hydrogen-bond acceptors (Lipinski definition) is 4. The molecule has 2 aliphatic carbocycles. The number of methoxy groups -OCH3 is 1. The normalized spacial score (nSPS) is 26.2. The Morgan fingerprint density at radius 2 is 1.77 bits per heavy atom. The molecular formula is C25H35NO4S. The van der Waals surface area contributed by atoms with Gasteiger partial charge in [0, 0.05) is 25.0 Å². The van der Waals surface area contributed by atoms with E-state index in [1.807, 2.05) is 24.8 Å². The fourth-order valence-electron chi connectivity index (χ4n) is 4.73. The van der Waals surface area contributed by atoms with Crippen LogP contribution in [0.15, 0.2) is 6.07 Å². The molecule has 0 aliphatic heterocycles. The zero-order valence-corrected chi connectivity index (χ0v) is 20.0. The Morgan fingerprint density at radius 1 is 1.13 bits per heavy atom. The zero-order valence-electron chi connectivity index (χ0n) is 19.1. The molecule has 0 unspecified atom stereocenters. The lowest BCUT2D eigenvalue weighted by atomic mass is 9.81. The number of thiophene rings is 1. The van der Waals surface area contributed by atoms with Crippen molar-refractivity contribution >= 4 is 28.9 Å². The molecule has 1 aromatic rings. The second-order valence-corrected chi connectivity index (χ2v) is 10.4. The first-order chi connectivity index (χ1) is 14.8. The van der Waals surface area contributed by atoms with Crippen LogP contribution >= 0.6 is 11.3 Å². The second-order valence-electron chi connectivity index (χ2n) is 9.39. The molecule has 31 heavy (non-hydrogen) atoms. The van der Waals surface area contributed by atoms with E-state index >= 15 is 0 Å². The number of amides is 1. The third-order valence-corrected chi connectivity index (χ3v) is 7.62. The number of rotatable bonds is 5. The molecular weight excluding hydrogens is 410 g/mol. The molecule has 3 rings (SSSR count). The van der Waals surface area contributed by atoms with Crippen molar-refractivity contribution < 1.29 is 19.4 Å². The van der Waals surface area contributed by atoms with Crippen molar-refractivity contribution in [1.29, 1.82) is 0 Å². The summed E-state index contributed by atoms with van der Waals surface area (Å²) < 4.78 is 5.52. The fraction of sp³-hybridized carbons (Fsp3) is 0.680. The van der Waals surface area contributed by atoms with Crippen LogP contribution in [0.3, 0.4) is 0 Å². The minimum Gasteiger partial charge on any atom is -0.477 e. The van der Waals surface area contributed by atoms with Gasteiger partial charge >= 0.3 is 5.97 Å². The molecule has 170 valence electrons. The van der Waals surface area contributed by atoms with Crippen LogP contribution in [0.5, 0.6) is 0 Å². The van der Waals surface area contributed by atoms with E-state index in [2.05, 4.69) is 18.8 Å². The standard InChI is InChI=1S/C25H35NO4S/c1-16(2)5-14-21-15-22(23(31-21)25(28)29)26(19-10-12-20(30-4)13-11-19)24(27)18-8-6-17(3)7-9-18/h15-20H,6-13H2,1-4H3,(H,28,29). The predicted molar refractivity (Wildman–Crippen MR) is 125 cm³/mol. The number of ether oxygens (including phenoxy) is 1. The Bertz CT molecular complexity index is 833. The molecule has 0 spiro atoms. The number of nitrogens with zero attached hydrogens (tertiary/aromatic N) is 1. The molecule has 1 N–H and O–H groups in total. The maximum Gasteiger partial charge on any atom is 0.348 e. The number of anilines is 1. The number of carbonyl (C=O) groups excluding carboxylic acids is 1. The minimum atomic E-state index is -0.988. The lowest BCUT2D eigenvalue weighted by Gasteiger charge is -2.39. The van der Waals surface area contributed by atoms with E-state index in [1.165, 1.54) is 11.3 Å². The van der Waals surface area contributed by atoms with Gasteiger partial charge in [-0.15, -0.1) is 11.3 Å². The van der Waals surface area contributed by atoms with Gasteiger partial charge in [-0.05, 0) is 63.4 Å². The Hall–Kier alpha value is -1.84. The number of carboxylic acids is 1. The van der Waals surface area contributed by atoms with Crippen molar-refractivity contribution in [2.75, 3.05) is 12.0 Å². The Balaban J connectivity index is 1.96. The summed E-state index contributed by atoms with van der Waals surface area (Å²) in [5.74, 6) is 6.16. The summed E-state index contributed by atoms with van der Waals surface area (Å²) in [6.45, 7) is 6.26. The Labute approximate surface area is 190 Å². The van der Waals surface area contributed by atoms with Crippen LogP contribution in [0.4, 0.5) is 5.69 Å². The number of carboxylic acid groups (broad SMARTS) is 1. The summed E-state index contributed by atoms with van der Waals surface area (Å²) in [4.78, 5) is 28.7. The maximum atomic E-state index is 13.8. The predicted octanol–water partition coefficient (Wildman–Crippen LogP) is 5.57. The van der Waals surface area contributed by atoms with Crippen LogP contribution in [0, 0.1) is 29.6 Å². The molecule has 1 aromatic heterocycles. The highest BCUT2D eigenvalue weighted by Crippen LogP contribution is 2.39. The van der Waals surface area contributed by atoms with Crippen molar-refractivity contribution in [3.8, 4) is 11.8 Å². The van der Waals surface area contributed by atoms with Gasteiger partial charge in [0.15, 0.2) is 0 Å². The van der Waals surface area contributed by atoms with Gasteiger partial charge in [0.2, 0.25) is 5.91 Å². The lowest BCUT2D eigenvalue weighted by molar-refractivity contribution is -0.124. The van der Waals surface area contributed by atoms with E-state index in [0.717, 1.165) is 51.4 Å². The van der Waals surface area contributed by atoms with Gasteiger partial charge in [0.25, 0.3) is 0 Å². The molecule has 0 bridgehead atoms. The SMILES string of the molecule is COC1CCC(N(C(=O)C2CCC(C)CC2)c2cc(C#CC(C)C)sc2C(=O)O)CC1. The van der Waals surface area contributed by atoms with E-state index < -0.39 is 5.97 Å². The summed E-state index contributed by atoms with van der Waals surface area (Å²) in [6, 6.07) is 1.84. The molecule has 1 amide bonds. The number of aromatic carboxylic acids is 1. The largest absolute Gasteiger partial charge is 0.477 e. The molecule has 2 aliphatic rings.